The number of carbonyl (C=O) groups is 1. The van der Waals surface area contributed by atoms with E-state index in [-0.39, 0.29) is 17.3 Å². The molecule has 1 atom stereocenters. The maximum absolute atomic E-state index is 11.9. The summed E-state index contributed by atoms with van der Waals surface area (Å²) >= 11 is 1.39. The van der Waals surface area contributed by atoms with Gasteiger partial charge in [0, 0.05) is 12.0 Å². The van der Waals surface area contributed by atoms with Crippen LogP contribution in [0.4, 0.5) is 0 Å². The summed E-state index contributed by atoms with van der Waals surface area (Å²) in [5.74, 6) is 0.597. The highest BCUT2D eigenvalue weighted by Gasteiger charge is 2.23. The Morgan fingerprint density at radius 1 is 1.53 bits per heavy atom. The quantitative estimate of drug-likeness (QED) is 0.764. The molecule has 1 fully saturated rings. The highest BCUT2D eigenvalue weighted by molar-refractivity contribution is 7.99. The number of rotatable bonds is 5. The maximum Gasteiger partial charge on any atom is 0.209 e. The molecule has 0 saturated carbocycles. The molecule has 1 unspecified atom stereocenters. The van der Waals surface area contributed by atoms with Gasteiger partial charge >= 0.3 is 0 Å². The molecule has 1 aliphatic rings. The van der Waals surface area contributed by atoms with Crippen LogP contribution in [0.1, 0.15) is 33.6 Å². The second kappa shape index (κ2) is 6.00. The topological polar surface area (TPSA) is 69.9 Å². The van der Waals surface area contributed by atoms with Gasteiger partial charge in [0.25, 0.3) is 0 Å². The average molecular weight is 284 g/mol. The molecule has 7 heteroatoms. The number of thioether (sulfide) groups is 1. The smallest absolute Gasteiger partial charge is 0.209 e. The second-order valence-corrected chi connectivity index (χ2v) is 6.68. The fraction of sp³-hybridized carbons (Fsp3) is 0.833. The predicted octanol–water partition coefficient (Wildman–Crippen LogP) is 1.56. The average Bonchev–Trinajstić information content (AvgIpc) is 2.97. The van der Waals surface area contributed by atoms with Gasteiger partial charge in [-0.15, -0.1) is 5.10 Å². The summed E-state index contributed by atoms with van der Waals surface area (Å²) in [4.78, 5) is 11.9. The van der Waals surface area contributed by atoms with E-state index in [0.29, 0.717) is 17.5 Å². The summed E-state index contributed by atoms with van der Waals surface area (Å²) < 4.78 is 7.30. The van der Waals surface area contributed by atoms with E-state index in [4.69, 9.17) is 4.74 Å². The maximum atomic E-state index is 11.9. The molecule has 1 aromatic rings. The molecule has 0 amide bonds. The van der Waals surface area contributed by atoms with Gasteiger partial charge < -0.3 is 4.74 Å². The minimum Gasteiger partial charge on any atom is -0.376 e. The Balaban J connectivity index is 1.90. The number of nitrogens with zero attached hydrogens (tertiary/aromatic N) is 4. The molecular formula is C12H20N4O2S. The minimum atomic E-state index is -0.320. The number of carbonyl (C=O) groups excluding carboxylic acids is 1. The molecule has 19 heavy (non-hydrogen) atoms. The molecule has 106 valence electrons. The van der Waals surface area contributed by atoms with Crippen LogP contribution in [0, 0.1) is 5.41 Å². The standard InChI is InChI=1S/C12H20N4O2S/c1-12(2,3)10(17)8-19-11-13-14-15-16(11)7-9-5-4-6-18-9/h9H,4-8H2,1-3H3. The molecule has 1 saturated heterocycles. The van der Waals surface area contributed by atoms with Crippen molar-refractivity contribution in [3.63, 3.8) is 0 Å². The Morgan fingerprint density at radius 2 is 2.32 bits per heavy atom. The Bertz CT molecular complexity index is 435. The Kier molecular flexibility index (Phi) is 4.57. The molecule has 0 aromatic carbocycles. The molecule has 1 aromatic heterocycles. The predicted molar refractivity (Wildman–Crippen MR) is 72.0 cm³/mol. The Hall–Kier alpha value is -0.950. The fourth-order valence-electron chi connectivity index (χ4n) is 1.74. The minimum absolute atomic E-state index is 0.196. The number of hydrogen-bond acceptors (Lipinski definition) is 6. The van der Waals surface area contributed by atoms with Gasteiger partial charge in [-0.05, 0) is 23.3 Å². The summed E-state index contributed by atoms with van der Waals surface area (Å²) in [6.07, 6.45) is 2.34. The van der Waals surface area contributed by atoms with E-state index in [2.05, 4.69) is 15.5 Å². The number of tetrazole rings is 1. The number of aromatic nitrogens is 4. The number of ketones is 1. The van der Waals surface area contributed by atoms with Crippen LogP contribution in [0.2, 0.25) is 0 Å². The van der Waals surface area contributed by atoms with Gasteiger partial charge in [-0.1, -0.05) is 32.5 Å². The van der Waals surface area contributed by atoms with Gasteiger partial charge in [-0.2, -0.15) is 0 Å². The van der Waals surface area contributed by atoms with E-state index in [1.807, 2.05) is 20.8 Å². The summed E-state index contributed by atoms with van der Waals surface area (Å²) in [5, 5.41) is 12.3. The van der Waals surface area contributed by atoms with Crippen LogP contribution in [0.5, 0.6) is 0 Å². The highest BCUT2D eigenvalue weighted by Crippen LogP contribution is 2.22. The van der Waals surface area contributed by atoms with Crippen LogP contribution in [0.3, 0.4) is 0 Å². The van der Waals surface area contributed by atoms with Crippen LogP contribution in [-0.4, -0.2) is 44.5 Å². The lowest BCUT2D eigenvalue weighted by Crippen LogP contribution is -2.22. The first kappa shape index (κ1) is 14.5. The van der Waals surface area contributed by atoms with Crippen molar-refractivity contribution in [2.75, 3.05) is 12.4 Å². The lowest BCUT2D eigenvalue weighted by Gasteiger charge is -2.15. The third-order valence-corrected chi connectivity index (χ3v) is 4.03. The largest absolute Gasteiger partial charge is 0.376 e. The van der Waals surface area contributed by atoms with E-state index in [1.54, 1.807) is 4.68 Å². The molecule has 6 nitrogen and oxygen atoms in total. The zero-order chi connectivity index (χ0) is 13.9. The van der Waals surface area contributed by atoms with Gasteiger partial charge in [-0.3, -0.25) is 4.79 Å². The summed E-state index contributed by atoms with van der Waals surface area (Å²) in [5.41, 5.74) is -0.320. The molecule has 0 bridgehead atoms. The summed E-state index contributed by atoms with van der Waals surface area (Å²) in [7, 11) is 0. The lowest BCUT2D eigenvalue weighted by atomic mass is 9.92. The van der Waals surface area contributed by atoms with Gasteiger partial charge in [-0.25, -0.2) is 4.68 Å². The molecule has 0 N–H and O–H groups in total. The van der Waals surface area contributed by atoms with Gasteiger partial charge in [0.05, 0.1) is 18.4 Å². The third-order valence-electron chi connectivity index (χ3n) is 3.07. The first-order chi connectivity index (χ1) is 8.97. The van der Waals surface area contributed by atoms with Crippen LogP contribution < -0.4 is 0 Å². The third kappa shape index (κ3) is 4.01. The SMILES string of the molecule is CC(C)(C)C(=O)CSc1nnnn1CC1CCCO1. The van der Waals surface area contributed by atoms with Crippen LogP contribution in [-0.2, 0) is 16.1 Å². The first-order valence-corrected chi connectivity index (χ1v) is 7.49. The van der Waals surface area contributed by atoms with Crippen molar-refractivity contribution in [3.05, 3.63) is 0 Å². The zero-order valence-corrected chi connectivity index (χ0v) is 12.4. The Morgan fingerprint density at radius 3 is 2.95 bits per heavy atom. The normalized spacial score (nSPS) is 19.8. The highest BCUT2D eigenvalue weighted by atomic mass is 32.2. The fourth-order valence-corrected chi connectivity index (χ4v) is 2.79. The van der Waals surface area contributed by atoms with Crippen molar-refractivity contribution in [2.24, 2.45) is 5.41 Å². The molecular weight excluding hydrogens is 264 g/mol. The second-order valence-electron chi connectivity index (χ2n) is 5.74. The van der Waals surface area contributed by atoms with Gasteiger partial charge in [0.15, 0.2) is 0 Å². The molecule has 2 heterocycles. The van der Waals surface area contributed by atoms with E-state index < -0.39 is 0 Å². The van der Waals surface area contributed by atoms with Crippen LogP contribution in [0.25, 0.3) is 0 Å². The molecule has 0 spiro atoms. The van der Waals surface area contributed by atoms with Crippen molar-refractivity contribution in [2.45, 2.75) is 51.4 Å². The summed E-state index contributed by atoms with van der Waals surface area (Å²) in [6.45, 7) is 7.25. The van der Waals surface area contributed by atoms with Crippen molar-refractivity contribution in [1.82, 2.24) is 20.2 Å². The van der Waals surface area contributed by atoms with E-state index >= 15 is 0 Å². The van der Waals surface area contributed by atoms with Gasteiger partial charge in [0.1, 0.15) is 5.78 Å². The van der Waals surface area contributed by atoms with E-state index in [1.165, 1.54) is 11.8 Å². The van der Waals surface area contributed by atoms with E-state index in [9.17, 15) is 4.79 Å². The van der Waals surface area contributed by atoms with Crippen molar-refractivity contribution >= 4 is 17.5 Å². The molecule has 0 radical (unpaired) electrons. The Labute approximate surface area is 117 Å². The van der Waals surface area contributed by atoms with Crippen LogP contribution in [0.15, 0.2) is 5.16 Å². The van der Waals surface area contributed by atoms with Crippen molar-refractivity contribution in [1.29, 1.82) is 0 Å². The molecule has 0 aliphatic carbocycles. The zero-order valence-electron chi connectivity index (χ0n) is 11.6. The van der Waals surface area contributed by atoms with E-state index in [0.717, 1.165) is 19.4 Å². The monoisotopic (exact) mass is 284 g/mol. The number of hydrogen-bond donors (Lipinski definition) is 0. The van der Waals surface area contributed by atoms with Gasteiger partial charge in [0.2, 0.25) is 5.16 Å². The number of Topliss-reactive ketones (excluding diaryl/α,β-unsaturated/α-hetero) is 1. The first-order valence-electron chi connectivity index (χ1n) is 6.50. The summed E-state index contributed by atoms with van der Waals surface area (Å²) in [6, 6.07) is 0. The van der Waals surface area contributed by atoms with Crippen LogP contribution >= 0.6 is 11.8 Å². The lowest BCUT2D eigenvalue weighted by molar-refractivity contribution is -0.123. The molecule has 1 aliphatic heterocycles. The number of ether oxygens (including phenoxy) is 1. The molecule has 2 rings (SSSR count). The van der Waals surface area contributed by atoms with Crippen molar-refractivity contribution in [3.8, 4) is 0 Å². The van der Waals surface area contributed by atoms with Crippen molar-refractivity contribution < 1.29 is 9.53 Å².